The summed E-state index contributed by atoms with van der Waals surface area (Å²) in [6.07, 6.45) is 4.51. The van der Waals surface area contributed by atoms with Crippen molar-refractivity contribution in [2.75, 3.05) is 38.2 Å². The number of carbonyl (C=O) groups excluding carboxylic acids is 2. The van der Waals surface area contributed by atoms with Crippen molar-refractivity contribution < 1.29 is 22.7 Å². The molecule has 0 aromatic heterocycles. The number of morpholine rings is 1. The van der Waals surface area contributed by atoms with Gasteiger partial charge in [-0.05, 0) is 37.5 Å². The summed E-state index contributed by atoms with van der Waals surface area (Å²) in [7, 11) is -3.66. The molecule has 1 saturated carbocycles. The smallest absolute Gasteiger partial charge is 0.243 e. The van der Waals surface area contributed by atoms with Crippen molar-refractivity contribution in [1.82, 2.24) is 9.21 Å². The molecule has 3 aliphatic rings. The third kappa shape index (κ3) is 4.24. The van der Waals surface area contributed by atoms with Crippen molar-refractivity contribution in [3.8, 4) is 0 Å². The Morgan fingerprint density at radius 2 is 1.87 bits per heavy atom. The van der Waals surface area contributed by atoms with Gasteiger partial charge in [0.15, 0.2) is 0 Å². The highest BCUT2D eigenvalue weighted by Gasteiger charge is 2.38. The maximum absolute atomic E-state index is 13.0. The van der Waals surface area contributed by atoms with Crippen LogP contribution in [0.2, 0.25) is 0 Å². The summed E-state index contributed by atoms with van der Waals surface area (Å²) in [5.41, 5.74) is 1.06. The molecule has 2 aliphatic heterocycles. The van der Waals surface area contributed by atoms with Gasteiger partial charge in [0.25, 0.3) is 0 Å². The summed E-state index contributed by atoms with van der Waals surface area (Å²) in [6, 6.07) is 5.19. The number of hydrogen-bond donors (Lipinski definition) is 1. The standard InChI is InChI=1S/C21H29N3O5S/c1-15-6-7-17(13-19(15)30(27,28)23-8-10-29-11-9-23)22-21(26)16-12-20(25)24(14-16)18-4-2-3-5-18/h6-7,13,16,18H,2-5,8-12,14H2,1H3,(H,22,26)/t16-/m1/s1. The average molecular weight is 436 g/mol. The fourth-order valence-electron chi connectivity index (χ4n) is 4.60. The van der Waals surface area contributed by atoms with Gasteiger partial charge in [0.05, 0.1) is 24.0 Å². The SMILES string of the molecule is Cc1ccc(NC(=O)[C@@H]2CC(=O)N(C3CCCC3)C2)cc1S(=O)(=O)N1CCOCC1. The highest BCUT2D eigenvalue weighted by molar-refractivity contribution is 7.89. The maximum Gasteiger partial charge on any atom is 0.243 e. The minimum absolute atomic E-state index is 0.0431. The summed E-state index contributed by atoms with van der Waals surface area (Å²) < 4.78 is 32.8. The topological polar surface area (TPSA) is 96.0 Å². The number of carbonyl (C=O) groups is 2. The molecule has 1 aromatic rings. The van der Waals surface area contributed by atoms with E-state index in [1.807, 2.05) is 4.90 Å². The van der Waals surface area contributed by atoms with Crippen LogP contribution in [0.1, 0.15) is 37.7 Å². The Kier molecular flexibility index (Phi) is 6.13. The van der Waals surface area contributed by atoms with Gasteiger partial charge < -0.3 is 15.0 Å². The van der Waals surface area contributed by atoms with E-state index in [0.717, 1.165) is 25.7 Å². The lowest BCUT2D eigenvalue weighted by Crippen LogP contribution is -2.40. The summed E-state index contributed by atoms with van der Waals surface area (Å²) in [6.45, 7) is 3.58. The second kappa shape index (κ2) is 8.64. The zero-order valence-electron chi connectivity index (χ0n) is 17.3. The van der Waals surface area contributed by atoms with Crippen molar-refractivity contribution in [3.05, 3.63) is 23.8 Å². The predicted octanol–water partition coefficient (Wildman–Crippen LogP) is 1.75. The van der Waals surface area contributed by atoms with Crippen molar-refractivity contribution in [1.29, 1.82) is 0 Å². The van der Waals surface area contributed by atoms with Crippen LogP contribution in [0.5, 0.6) is 0 Å². The van der Waals surface area contributed by atoms with E-state index in [2.05, 4.69) is 5.32 Å². The Hall–Kier alpha value is -1.97. The molecule has 8 nitrogen and oxygen atoms in total. The van der Waals surface area contributed by atoms with Gasteiger partial charge in [0, 0.05) is 37.8 Å². The van der Waals surface area contributed by atoms with Crippen LogP contribution in [0.3, 0.4) is 0 Å². The fourth-order valence-corrected chi connectivity index (χ4v) is 6.26. The molecule has 2 heterocycles. The minimum Gasteiger partial charge on any atom is -0.379 e. The van der Waals surface area contributed by atoms with Gasteiger partial charge in [-0.1, -0.05) is 18.9 Å². The Labute approximate surface area is 177 Å². The van der Waals surface area contributed by atoms with Crippen LogP contribution in [0, 0.1) is 12.8 Å². The van der Waals surface area contributed by atoms with Gasteiger partial charge in [-0.25, -0.2) is 8.42 Å². The minimum atomic E-state index is -3.66. The van der Waals surface area contributed by atoms with E-state index in [9.17, 15) is 18.0 Å². The van der Waals surface area contributed by atoms with Crippen molar-refractivity contribution in [2.24, 2.45) is 5.92 Å². The first-order chi connectivity index (χ1) is 14.4. The Morgan fingerprint density at radius 3 is 2.57 bits per heavy atom. The molecule has 1 atom stereocenters. The molecule has 3 fully saturated rings. The normalized spacial score (nSPS) is 23.8. The van der Waals surface area contributed by atoms with Crippen LogP contribution in [0.25, 0.3) is 0 Å². The second-order valence-corrected chi connectivity index (χ2v) is 10.3. The van der Waals surface area contributed by atoms with Crippen LogP contribution in [-0.4, -0.2) is 68.3 Å². The summed E-state index contributed by atoms with van der Waals surface area (Å²) in [5, 5.41) is 2.83. The molecule has 0 radical (unpaired) electrons. The predicted molar refractivity (Wildman–Crippen MR) is 111 cm³/mol. The number of likely N-dealkylation sites (tertiary alicyclic amines) is 1. The number of benzene rings is 1. The number of hydrogen-bond acceptors (Lipinski definition) is 5. The Balaban J connectivity index is 1.46. The molecular weight excluding hydrogens is 406 g/mol. The van der Waals surface area contributed by atoms with Crippen LogP contribution >= 0.6 is 0 Å². The van der Waals surface area contributed by atoms with Crippen molar-refractivity contribution in [2.45, 2.75) is 50.0 Å². The van der Waals surface area contributed by atoms with Gasteiger partial charge >= 0.3 is 0 Å². The van der Waals surface area contributed by atoms with E-state index < -0.39 is 15.9 Å². The van der Waals surface area contributed by atoms with Gasteiger partial charge in [-0.3, -0.25) is 9.59 Å². The third-order valence-corrected chi connectivity index (χ3v) is 8.38. The zero-order valence-corrected chi connectivity index (χ0v) is 18.1. The van der Waals surface area contributed by atoms with Crippen LogP contribution in [-0.2, 0) is 24.3 Å². The molecule has 30 heavy (non-hydrogen) atoms. The van der Waals surface area contributed by atoms with Crippen LogP contribution in [0.15, 0.2) is 23.1 Å². The molecule has 1 N–H and O–H groups in total. The maximum atomic E-state index is 13.0. The number of nitrogens with zero attached hydrogens (tertiary/aromatic N) is 2. The lowest BCUT2D eigenvalue weighted by Gasteiger charge is -2.27. The van der Waals surface area contributed by atoms with E-state index in [1.54, 1.807) is 19.1 Å². The molecule has 1 aliphatic carbocycles. The van der Waals surface area contributed by atoms with Gasteiger partial charge in [0.1, 0.15) is 0 Å². The highest BCUT2D eigenvalue weighted by atomic mass is 32.2. The second-order valence-electron chi connectivity index (χ2n) is 8.37. The number of ether oxygens (including phenoxy) is 1. The Morgan fingerprint density at radius 1 is 1.17 bits per heavy atom. The first-order valence-corrected chi connectivity index (χ1v) is 12.1. The highest BCUT2D eigenvalue weighted by Crippen LogP contribution is 2.30. The monoisotopic (exact) mass is 435 g/mol. The van der Waals surface area contributed by atoms with E-state index in [-0.39, 0.29) is 29.2 Å². The Bertz CT molecular complexity index is 921. The zero-order chi connectivity index (χ0) is 21.3. The van der Waals surface area contributed by atoms with Gasteiger partial charge in [0.2, 0.25) is 21.8 Å². The largest absolute Gasteiger partial charge is 0.379 e. The molecule has 1 aromatic carbocycles. The number of rotatable bonds is 5. The van der Waals surface area contributed by atoms with Crippen molar-refractivity contribution >= 4 is 27.5 Å². The first kappa shape index (κ1) is 21.3. The van der Waals surface area contributed by atoms with E-state index >= 15 is 0 Å². The quantitative estimate of drug-likeness (QED) is 0.760. The molecule has 2 amide bonds. The molecule has 4 rings (SSSR count). The summed E-state index contributed by atoms with van der Waals surface area (Å²) >= 11 is 0. The average Bonchev–Trinajstić information content (AvgIpc) is 3.39. The molecular formula is C21H29N3O5S. The first-order valence-electron chi connectivity index (χ1n) is 10.6. The lowest BCUT2D eigenvalue weighted by molar-refractivity contribution is -0.129. The van der Waals surface area contributed by atoms with Crippen LogP contribution < -0.4 is 5.32 Å². The summed E-state index contributed by atoms with van der Waals surface area (Å²) in [4.78, 5) is 27.2. The molecule has 9 heteroatoms. The number of aryl methyl sites for hydroxylation is 1. The van der Waals surface area contributed by atoms with E-state index in [4.69, 9.17) is 4.74 Å². The van der Waals surface area contributed by atoms with Crippen molar-refractivity contribution in [3.63, 3.8) is 0 Å². The fraction of sp³-hybridized carbons (Fsp3) is 0.619. The van der Waals surface area contributed by atoms with Gasteiger partial charge in [-0.2, -0.15) is 4.31 Å². The molecule has 0 unspecified atom stereocenters. The molecule has 0 bridgehead atoms. The number of sulfonamides is 1. The molecule has 2 saturated heterocycles. The lowest BCUT2D eigenvalue weighted by atomic mass is 10.1. The third-order valence-electron chi connectivity index (χ3n) is 6.34. The van der Waals surface area contributed by atoms with Crippen LogP contribution in [0.4, 0.5) is 5.69 Å². The number of amides is 2. The number of anilines is 1. The number of nitrogens with one attached hydrogen (secondary N) is 1. The summed E-state index contributed by atoms with van der Waals surface area (Å²) in [5.74, 6) is -0.595. The van der Waals surface area contributed by atoms with E-state index in [1.165, 1.54) is 10.4 Å². The van der Waals surface area contributed by atoms with Gasteiger partial charge in [-0.15, -0.1) is 0 Å². The van der Waals surface area contributed by atoms with E-state index in [0.29, 0.717) is 44.1 Å². The molecule has 164 valence electrons. The molecule has 0 spiro atoms.